The highest BCUT2D eigenvalue weighted by Gasteiger charge is 2.13. The van der Waals surface area contributed by atoms with E-state index in [2.05, 4.69) is 15.6 Å². The zero-order valence-electron chi connectivity index (χ0n) is 12.3. The average Bonchev–Trinajstić information content (AvgIpc) is 2.36. The third-order valence-electron chi connectivity index (χ3n) is 2.64. The minimum atomic E-state index is -1.09. The molecule has 7 heteroatoms. The summed E-state index contributed by atoms with van der Waals surface area (Å²) >= 11 is 0. The number of aromatic carboxylic acids is 1. The summed E-state index contributed by atoms with van der Waals surface area (Å²) in [5, 5.41) is 14.2. The average molecular weight is 293 g/mol. The van der Waals surface area contributed by atoms with E-state index in [9.17, 15) is 14.4 Å². The Morgan fingerprint density at radius 2 is 1.95 bits per heavy atom. The summed E-state index contributed by atoms with van der Waals surface area (Å²) in [4.78, 5) is 38.0. The van der Waals surface area contributed by atoms with Crippen LogP contribution in [-0.4, -0.2) is 40.5 Å². The molecule has 0 unspecified atom stereocenters. The van der Waals surface area contributed by atoms with Gasteiger partial charge in [-0.25, -0.2) is 9.78 Å². The van der Waals surface area contributed by atoms with E-state index < -0.39 is 11.9 Å². The van der Waals surface area contributed by atoms with Gasteiger partial charge in [0.1, 0.15) is 5.69 Å². The van der Waals surface area contributed by atoms with Crippen LogP contribution >= 0.6 is 0 Å². The zero-order valence-corrected chi connectivity index (χ0v) is 12.3. The van der Waals surface area contributed by atoms with E-state index in [-0.39, 0.29) is 41.9 Å². The number of hydrogen-bond acceptors (Lipinski definition) is 4. The predicted octanol–water partition coefficient (Wildman–Crippen LogP) is 0.733. The van der Waals surface area contributed by atoms with Crippen LogP contribution in [-0.2, 0) is 4.79 Å². The zero-order chi connectivity index (χ0) is 16.0. The summed E-state index contributed by atoms with van der Waals surface area (Å²) in [6, 6.07) is 2.74. The van der Waals surface area contributed by atoms with Crippen LogP contribution < -0.4 is 10.6 Å². The number of nitrogens with one attached hydrogen (secondary N) is 2. The molecule has 0 fully saturated rings. The first-order valence-electron chi connectivity index (χ1n) is 6.59. The normalized spacial score (nSPS) is 10.3. The first-order chi connectivity index (χ1) is 9.81. The molecule has 0 saturated carbocycles. The van der Waals surface area contributed by atoms with Crippen molar-refractivity contribution in [2.75, 3.05) is 6.54 Å². The number of pyridine rings is 1. The Morgan fingerprint density at radius 1 is 1.29 bits per heavy atom. The van der Waals surface area contributed by atoms with Gasteiger partial charge >= 0.3 is 5.97 Å². The summed E-state index contributed by atoms with van der Waals surface area (Å²) in [5.74, 6) is -1.67. The predicted molar refractivity (Wildman–Crippen MR) is 76.2 cm³/mol. The number of carbonyl (C=O) groups excluding carboxylic acids is 2. The largest absolute Gasteiger partial charge is 0.478 e. The maximum Gasteiger partial charge on any atom is 0.337 e. The molecular formula is C14H19N3O4. The van der Waals surface area contributed by atoms with E-state index in [1.54, 1.807) is 0 Å². The van der Waals surface area contributed by atoms with Crippen molar-refractivity contribution in [3.63, 3.8) is 0 Å². The molecule has 3 N–H and O–H groups in total. The second-order valence-electron chi connectivity index (χ2n) is 4.86. The third-order valence-corrected chi connectivity index (χ3v) is 2.64. The summed E-state index contributed by atoms with van der Waals surface area (Å²) in [5.41, 5.74) is 0.456. The Balaban J connectivity index is 2.55. The van der Waals surface area contributed by atoms with Crippen LogP contribution in [0, 0.1) is 6.92 Å². The molecule has 0 saturated heterocycles. The number of carbonyl (C=O) groups is 3. The Morgan fingerprint density at radius 3 is 2.48 bits per heavy atom. The molecule has 0 spiro atoms. The molecule has 0 atom stereocenters. The summed E-state index contributed by atoms with van der Waals surface area (Å²) in [7, 11) is 0. The number of carboxylic acids is 1. The van der Waals surface area contributed by atoms with Crippen LogP contribution in [0.1, 0.15) is 46.8 Å². The lowest BCUT2D eigenvalue weighted by molar-refractivity contribution is -0.121. The minimum Gasteiger partial charge on any atom is -0.478 e. The van der Waals surface area contributed by atoms with Crippen molar-refractivity contribution in [1.29, 1.82) is 0 Å². The van der Waals surface area contributed by atoms with Crippen molar-refractivity contribution in [2.45, 2.75) is 33.2 Å². The van der Waals surface area contributed by atoms with Crippen LogP contribution in [0.15, 0.2) is 12.1 Å². The number of aryl methyl sites for hydroxylation is 1. The van der Waals surface area contributed by atoms with Crippen molar-refractivity contribution in [3.8, 4) is 0 Å². The lowest BCUT2D eigenvalue weighted by Gasteiger charge is -2.09. The maximum absolute atomic E-state index is 11.8. The molecular weight excluding hydrogens is 274 g/mol. The van der Waals surface area contributed by atoms with Crippen LogP contribution in [0.4, 0.5) is 0 Å². The SMILES string of the molecule is Cc1nc(C(=O)NCCC(=O)NC(C)C)ccc1C(=O)O. The van der Waals surface area contributed by atoms with Gasteiger partial charge in [-0.15, -0.1) is 0 Å². The van der Waals surface area contributed by atoms with Gasteiger partial charge in [0.25, 0.3) is 5.91 Å². The molecule has 0 aromatic carbocycles. The summed E-state index contributed by atoms with van der Waals surface area (Å²) in [6.45, 7) is 5.43. The molecule has 1 heterocycles. The number of amides is 2. The molecule has 21 heavy (non-hydrogen) atoms. The van der Waals surface area contributed by atoms with Gasteiger partial charge in [-0.1, -0.05) is 0 Å². The highest BCUT2D eigenvalue weighted by Crippen LogP contribution is 2.06. The van der Waals surface area contributed by atoms with Crippen LogP contribution in [0.3, 0.4) is 0 Å². The Hall–Kier alpha value is -2.44. The quantitative estimate of drug-likeness (QED) is 0.716. The Bertz CT molecular complexity index is 555. The van der Waals surface area contributed by atoms with Crippen molar-refractivity contribution < 1.29 is 19.5 Å². The molecule has 0 aliphatic rings. The number of carboxylic acid groups (broad SMARTS) is 1. The van der Waals surface area contributed by atoms with Gasteiger partial charge < -0.3 is 15.7 Å². The number of hydrogen-bond donors (Lipinski definition) is 3. The lowest BCUT2D eigenvalue weighted by atomic mass is 10.2. The molecule has 0 aliphatic carbocycles. The second kappa shape index (κ2) is 7.37. The molecule has 1 rings (SSSR count). The van der Waals surface area contributed by atoms with E-state index in [0.717, 1.165) is 0 Å². The van der Waals surface area contributed by atoms with E-state index in [0.29, 0.717) is 0 Å². The molecule has 1 aromatic heterocycles. The van der Waals surface area contributed by atoms with E-state index in [1.165, 1.54) is 19.1 Å². The molecule has 0 radical (unpaired) electrons. The van der Waals surface area contributed by atoms with E-state index in [1.807, 2.05) is 13.8 Å². The lowest BCUT2D eigenvalue weighted by Crippen LogP contribution is -2.34. The standard InChI is InChI=1S/C14H19N3O4/c1-8(2)16-12(18)6-7-15-13(19)11-5-4-10(14(20)21)9(3)17-11/h4-5,8H,6-7H2,1-3H3,(H,15,19)(H,16,18)(H,20,21). The first-order valence-corrected chi connectivity index (χ1v) is 6.59. The number of rotatable bonds is 6. The number of aromatic nitrogens is 1. The second-order valence-corrected chi connectivity index (χ2v) is 4.86. The van der Waals surface area contributed by atoms with Crippen LogP contribution in [0.25, 0.3) is 0 Å². The molecule has 7 nitrogen and oxygen atoms in total. The van der Waals surface area contributed by atoms with Crippen molar-refractivity contribution in [3.05, 3.63) is 29.1 Å². The fourth-order valence-corrected chi connectivity index (χ4v) is 1.69. The maximum atomic E-state index is 11.8. The van der Waals surface area contributed by atoms with E-state index in [4.69, 9.17) is 5.11 Å². The van der Waals surface area contributed by atoms with Gasteiger partial charge in [-0.2, -0.15) is 0 Å². The van der Waals surface area contributed by atoms with Crippen LogP contribution in [0.5, 0.6) is 0 Å². The van der Waals surface area contributed by atoms with Gasteiger partial charge in [-0.3, -0.25) is 9.59 Å². The molecule has 0 bridgehead atoms. The molecule has 1 aromatic rings. The monoisotopic (exact) mass is 293 g/mol. The minimum absolute atomic E-state index is 0.0566. The molecule has 2 amide bonds. The highest BCUT2D eigenvalue weighted by molar-refractivity contribution is 5.94. The topological polar surface area (TPSA) is 108 Å². The fraction of sp³-hybridized carbons (Fsp3) is 0.429. The van der Waals surface area contributed by atoms with Gasteiger partial charge in [0, 0.05) is 19.0 Å². The summed E-state index contributed by atoms with van der Waals surface area (Å²) in [6.07, 6.45) is 0.177. The van der Waals surface area contributed by atoms with Crippen LogP contribution in [0.2, 0.25) is 0 Å². The first kappa shape index (κ1) is 16.6. The van der Waals surface area contributed by atoms with Gasteiger partial charge in [0.2, 0.25) is 5.91 Å². The van der Waals surface area contributed by atoms with Gasteiger partial charge in [-0.05, 0) is 32.9 Å². The van der Waals surface area contributed by atoms with Crippen molar-refractivity contribution in [1.82, 2.24) is 15.6 Å². The molecule has 114 valence electrons. The number of nitrogens with zero attached hydrogens (tertiary/aromatic N) is 1. The van der Waals surface area contributed by atoms with Gasteiger partial charge in [0.05, 0.1) is 11.3 Å². The third kappa shape index (κ3) is 5.21. The Kier molecular flexibility index (Phi) is 5.83. The Labute approximate surface area is 122 Å². The smallest absolute Gasteiger partial charge is 0.337 e. The fourth-order valence-electron chi connectivity index (χ4n) is 1.69. The molecule has 0 aliphatic heterocycles. The van der Waals surface area contributed by atoms with Crippen molar-refractivity contribution >= 4 is 17.8 Å². The van der Waals surface area contributed by atoms with Gasteiger partial charge in [0.15, 0.2) is 0 Å². The van der Waals surface area contributed by atoms with E-state index >= 15 is 0 Å². The van der Waals surface area contributed by atoms with Crippen molar-refractivity contribution in [2.24, 2.45) is 0 Å². The summed E-state index contributed by atoms with van der Waals surface area (Å²) < 4.78 is 0. The highest BCUT2D eigenvalue weighted by atomic mass is 16.4.